The molecule has 1 aromatic heterocycles. The second kappa shape index (κ2) is 8.68. The smallest absolute Gasteiger partial charge is 0.138 e. The summed E-state index contributed by atoms with van der Waals surface area (Å²) in [6.07, 6.45) is 4.60. The standard InChI is InChI=1S/C20H22ClN3OS/c1-2-16-5-3-4-10-24(16)12-19(25)17(11-22)20-23-18(13-26-20)14-6-8-15(21)9-7-14/h6-9,13,16,25H,2-5,10,12H2,1H3/t16-/m0/s1. The first-order valence-electron chi connectivity index (χ1n) is 8.90. The molecule has 1 saturated heterocycles. The molecule has 1 N–H and O–H groups in total. The fourth-order valence-corrected chi connectivity index (χ4v) is 4.35. The fourth-order valence-electron chi connectivity index (χ4n) is 3.38. The topological polar surface area (TPSA) is 60.1 Å². The van der Waals surface area contributed by atoms with Crippen LogP contribution in [0.3, 0.4) is 0 Å². The number of thiazole rings is 1. The van der Waals surface area contributed by atoms with Gasteiger partial charge in [0.1, 0.15) is 22.4 Å². The van der Waals surface area contributed by atoms with Crippen molar-refractivity contribution < 1.29 is 5.11 Å². The lowest BCUT2D eigenvalue weighted by Crippen LogP contribution is -2.40. The normalized spacial score (nSPS) is 19.0. The summed E-state index contributed by atoms with van der Waals surface area (Å²) in [5.74, 6) is 0.116. The van der Waals surface area contributed by atoms with E-state index in [1.807, 2.05) is 29.6 Å². The zero-order valence-corrected chi connectivity index (χ0v) is 16.4. The maximum absolute atomic E-state index is 10.6. The summed E-state index contributed by atoms with van der Waals surface area (Å²) in [7, 11) is 0. The van der Waals surface area contributed by atoms with Crippen molar-refractivity contribution in [2.45, 2.75) is 38.6 Å². The number of benzene rings is 1. The number of piperidine rings is 1. The first-order valence-corrected chi connectivity index (χ1v) is 10.2. The Hall–Kier alpha value is -1.87. The highest BCUT2D eigenvalue weighted by atomic mass is 35.5. The Morgan fingerprint density at radius 3 is 2.85 bits per heavy atom. The van der Waals surface area contributed by atoms with Gasteiger partial charge in [-0.15, -0.1) is 11.3 Å². The number of likely N-dealkylation sites (tertiary alicyclic amines) is 1. The van der Waals surface area contributed by atoms with Crippen LogP contribution in [0.1, 0.15) is 37.6 Å². The van der Waals surface area contributed by atoms with Gasteiger partial charge in [0.2, 0.25) is 0 Å². The van der Waals surface area contributed by atoms with Crippen molar-refractivity contribution in [3.8, 4) is 17.3 Å². The second-order valence-corrected chi connectivity index (χ2v) is 7.80. The molecule has 6 heteroatoms. The Kier molecular flexibility index (Phi) is 6.31. The van der Waals surface area contributed by atoms with Crippen LogP contribution in [-0.4, -0.2) is 34.1 Å². The zero-order valence-electron chi connectivity index (χ0n) is 14.8. The van der Waals surface area contributed by atoms with Crippen LogP contribution in [-0.2, 0) is 0 Å². The number of nitrogens with zero attached hydrogens (tertiary/aromatic N) is 3. The molecular formula is C20H22ClN3OS. The summed E-state index contributed by atoms with van der Waals surface area (Å²) in [4.78, 5) is 6.83. The number of aliphatic hydroxyl groups excluding tert-OH is 1. The molecule has 1 aliphatic heterocycles. The van der Waals surface area contributed by atoms with Gasteiger partial charge in [-0.05, 0) is 37.9 Å². The molecule has 0 spiro atoms. The molecule has 2 aromatic rings. The van der Waals surface area contributed by atoms with E-state index < -0.39 is 0 Å². The summed E-state index contributed by atoms with van der Waals surface area (Å²) in [5.41, 5.74) is 2.00. The van der Waals surface area contributed by atoms with Crippen LogP contribution in [0.15, 0.2) is 35.4 Å². The van der Waals surface area contributed by atoms with E-state index in [0.29, 0.717) is 22.6 Å². The first-order chi connectivity index (χ1) is 12.6. The summed E-state index contributed by atoms with van der Waals surface area (Å²) in [6, 6.07) is 10.1. The number of allylic oxidation sites excluding steroid dienone is 1. The number of hydrogen-bond acceptors (Lipinski definition) is 5. The van der Waals surface area contributed by atoms with Crippen LogP contribution in [0.4, 0.5) is 0 Å². The lowest BCUT2D eigenvalue weighted by atomic mass is 10.00. The zero-order chi connectivity index (χ0) is 18.5. The summed E-state index contributed by atoms with van der Waals surface area (Å²) < 4.78 is 0. The van der Waals surface area contributed by atoms with Gasteiger partial charge in [-0.25, -0.2) is 4.98 Å². The Morgan fingerprint density at radius 1 is 1.38 bits per heavy atom. The van der Waals surface area contributed by atoms with Crippen molar-refractivity contribution in [2.24, 2.45) is 0 Å². The fraction of sp³-hybridized carbons (Fsp3) is 0.400. The minimum absolute atomic E-state index is 0.116. The van der Waals surface area contributed by atoms with Crippen molar-refractivity contribution in [1.29, 1.82) is 5.26 Å². The van der Waals surface area contributed by atoms with Crippen molar-refractivity contribution >= 4 is 28.5 Å². The third kappa shape index (κ3) is 4.27. The third-order valence-corrected chi connectivity index (χ3v) is 5.94. The Balaban J connectivity index is 1.82. The lowest BCUT2D eigenvalue weighted by Gasteiger charge is -2.34. The average Bonchev–Trinajstić information content (AvgIpc) is 3.13. The Labute approximate surface area is 163 Å². The Morgan fingerprint density at radius 2 is 2.15 bits per heavy atom. The maximum Gasteiger partial charge on any atom is 0.138 e. The van der Waals surface area contributed by atoms with Gasteiger partial charge in [0.15, 0.2) is 0 Å². The molecule has 0 amide bonds. The Bertz CT molecular complexity index is 822. The molecule has 1 aromatic carbocycles. The van der Waals surface area contributed by atoms with E-state index in [-0.39, 0.29) is 11.3 Å². The van der Waals surface area contributed by atoms with Gasteiger partial charge < -0.3 is 5.11 Å². The predicted molar refractivity (Wildman–Crippen MR) is 107 cm³/mol. The third-order valence-electron chi connectivity index (χ3n) is 4.83. The molecule has 0 aliphatic carbocycles. The van der Waals surface area contributed by atoms with Gasteiger partial charge in [-0.1, -0.05) is 37.1 Å². The van der Waals surface area contributed by atoms with Crippen LogP contribution in [0.5, 0.6) is 0 Å². The van der Waals surface area contributed by atoms with E-state index in [2.05, 4.69) is 22.9 Å². The molecular weight excluding hydrogens is 366 g/mol. The van der Waals surface area contributed by atoms with Crippen molar-refractivity contribution in [1.82, 2.24) is 9.88 Å². The highest BCUT2D eigenvalue weighted by Crippen LogP contribution is 2.29. The van der Waals surface area contributed by atoms with Crippen LogP contribution >= 0.6 is 22.9 Å². The second-order valence-electron chi connectivity index (χ2n) is 6.51. The number of aromatic nitrogens is 1. The average molecular weight is 388 g/mol. The molecule has 26 heavy (non-hydrogen) atoms. The van der Waals surface area contributed by atoms with Crippen LogP contribution in [0, 0.1) is 11.3 Å². The minimum atomic E-state index is 0.116. The molecule has 136 valence electrons. The van der Waals surface area contributed by atoms with Gasteiger partial charge in [0, 0.05) is 22.0 Å². The van der Waals surface area contributed by atoms with Crippen LogP contribution in [0.25, 0.3) is 16.8 Å². The number of nitriles is 1. The van der Waals surface area contributed by atoms with Crippen LogP contribution in [0.2, 0.25) is 5.02 Å². The SMILES string of the molecule is CC[C@H]1CCCCN1CC(O)=C(C#N)c1nc(-c2ccc(Cl)cc2)cs1. The van der Waals surface area contributed by atoms with Crippen molar-refractivity contribution in [3.63, 3.8) is 0 Å². The van der Waals surface area contributed by atoms with Crippen molar-refractivity contribution in [3.05, 3.63) is 45.4 Å². The molecule has 1 aliphatic rings. The number of halogens is 1. The molecule has 0 saturated carbocycles. The highest BCUT2D eigenvalue weighted by Gasteiger charge is 2.23. The lowest BCUT2D eigenvalue weighted by molar-refractivity contribution is 0.140. The highest BCUT2D eigenvalue weighted by molar-refractivity contribution is 7.11. The summed E-state index contributed by atoms with van der Waals surface area (Å²) >= 11 is 7.30. The monoisotopic (exact) mass is 387 g/mol. The number of hydrogen-bond donors (Lipinski definition) is 1. The van der Waals surface area contributed by atoms with E-state index in [4.69, 9.17) is 11.6 Å². The predicted octanol–water partition coefficient (Wildman–Crippen LogP) is 5.52. The van der Waals surface area contributed by atoms with E-state index in [1.165, 1.54) is 17.8 Å². The first kappa shape index (κ1) is 18.9. The molecule has 4 nitrogen and oxygen atoms in total. The van der Waals surface area contributed by atoms with Crippen LogP contribution < -0.4 is 0 Å². The van der Waals surface area contributed by atoms with Gasteiger partial charge in [0.05, 0.1) is 12.2 Å². The molecule has 1 fully saturated rings. The molecule has 3 rings (SSSR count). The molecule has 0 unspecified atom stereocenters. The van der Waals surface area contributed by atoms with Gasteiger partial charge in [-0.3, -0.25) is 4.90 Å². The van der Waals surface area contributed by atoms with Gasteiger partial charge in [-0.2, -0.15) is 5.26 Å². The van der Waals surface area contributed by atoms with Gasteiger partial charge >= 0.3 is 0 Å². The molecule has 1 atom stereocenters. The summed E-state index contributed by atoms with van der Waals surface area (Å²) in [6.45, 7) is 3.56. The van der Waals surface area contributed by atoms with E-state index >= 15 is 0 Å². The van der Waals surface area contributed by atoms with Crippen molar-refractivity contribution in [2.75, 3.05) is 13.1 Å². The quantitative estimate of drug-likeness (QED) is 0.542. The number of rotatable bonds is 5. The van der Waals surface area contributed by atoms with E-state index in [1.54, 1.807) is 0 Å². The number of aliphatic hydroxyl groups is 1. The minimum Gasteiger partial charge on any atom is -0.509 e. The van der Waals surface area contributed by atoms with E-state index in [0.717, 1.165) is 37.1 Å². The summed E-state index contributed by atoms with van der Waals surface area (Å²) in [5, 5.41) is 23.3. The van der Waals surface area contributed by atoms with E-state index in [9.17, 15) is 10.4 Å². The largest absolute Gasteiger partial charge is 0.509 e. The molecule has 0 radical (unpaired) electrons. The maximum atomic E-state index is 10.6. The molecule has 2 heterocycles. The molecule has 0 bridgehead atoms. The van der Waals surface area contributed by atoms with Gasteiger partial charge in [0.25, 0.3) is 0 Å².